The van der Waals surface area contributed by atoms with Crippen molar-refractivity contribution in [3.05, 3.63) is 5.01 Å². The first-order valence-corrected chi connectivity index (χ1v) is 8.96. The number of aryl methyl sites for hydroxylation is 1. The van der Waals surface area contributed by atoms with Gasteiger partial charge in [0.05, 0.1) is 12.0 Å². The molecule has 0 spiro atoms. The van der Waals surface area contributed by atoms with Crippen molar-refractivity contribution in [3.63, 3.8) is 0 Å². The van der Waals surface area contributed by atoms with Gasteiger partial charge >= 0.3 is 0 Å². The Bertz CT molecular complexity index is 559. The summed E-state index contributed by atoms with van der Waals surface area (Å²) >= 11 is 1.59. The number of rotatable bonds is 4. The Labute approximate surface area is 134 Å². The van der Waals surface area contributed by atoms with Gasteiger partial charge in [0.25, 0.3) is 0 Å². The van der Waals surface area contributed by atoms with Crippen molar-refractivity contribution in [1.82, 2.24) is 15.5 Å². The number of aromatic nitrogens is 2. The lowest BCUT2D eigenvalue weighted by molar-refractivity contribution is -0.127. The van der Waals surface area contributed by atoms with E-state index in [-0.39, 0.29) is 17.9 Å². The predicted octanol–water partition coefficient (Wildman–Crippen LogP) is 1.21. The molecule has 120 valence electrons. The SMILES string of the molecule is Cc1nnc(N2C[C@@H]3OCC[C@@H]3[C@H](C(=O)NCC3CC3)C2)s1. The van der Waals surface area contributed by atoms with Gasteiger partial charge in [-0.2, -0.15) is 0 Å². The van der Waals surface area contributed by atoms with Gasteiger partial charge in [0.15, 0.2) is 0 Å². The van der Waals surface area contributed by atoms with E-state index in [0.717, 1.165) is 42.8 Å². The van der Waals surface area contributed by atoms with E-state index in [1.807, 2.05) is 6.92 Å². The van der Waals surface area contributed by atoms with E-state index < -0.39 is 0 Å². The van der Waals surface area contributed by atoms with Crippen LogP contribution in [0.4, 0.5) is 5.13 Å². The summed E-state index contributed by atoms with van der Waals surface area (Å²) in [4.78, 5) is 14.8. The van der Waals surface area contributed by atoms with Crippen molar-refractivity contribution >= 4 is 22.4 Å². The molecule has 1 aliphatic carbocycles. The zero-order chi connectivity index (χ0) is 15.1. The minimum atomic E-state index is 0.00389. The summed E-state index contributed by atoms with van der Waals surface area (Å²) in [6, 6.07) is 0. The molecular formula is C15H22N4O2S. The fourth-order valence-electron chi connectivity index (χ4n) is 3.52. The molecule has 1 amide bonds. The van der Waals surface area contributed by atoms with Crippen LogP contribution in [0.15, 0.2) is 0 Å². The van der Waals surface area contributed by atoms with E-state index in [9.17, 15) is 4.79 Å². The molecule has 2 aliphatic heterocycles. The predicted molar refractivity (Wildman–Crippen MR) is 83.9 cm³/mol. The maximum atomic E-state index is 12.6. The number of hydrogen-bond acceptors (Lipinski definition) is 6. The molecule has 3 fully saturated rings. The maximum Gasteiger partial charge on any atom is 0.225 e. The summed E-state index contributed by atoms with van der Waals surface area (Å²) in [5.74, 6) is 1.26. The standard InChI is InChI=1S/C15H22N4O2S/c1-9-17-18-15(22-9)19-7-12(11-4-5-21-13(11)8-19)14(20)16-6-10-2-3-10/h10-13H,2-8H2,1H3,(H,16,20)/t11-,12-,13+/m1/s1. The molecule has 1 aromatic heterocycles. The first kappa shape index (κ1) is 14.4. The molecule has 4 rings (SSSR count). The van der Waals surface area contributed by atoms with Gasteiger partial charge in [-0.05, 0) is 32.1 Å². The summed E-state index contributed by atoms with van der Waals surface area (Å²) in [5.41, 5.74) is 0. The molecule has 3 atom stereocenters. The zero-order valence-electron chi connectivity index (χ0n) is 12.8. The number of carbonyl (C=O) groups excluding carboxylic acids is 1. The van der Waals surface area contributed by atoms with Gasteiger partial charge in [0.2, 0.25) is 11.0 Å². The van der Waals surface area contributed by atoms with Gasteiger partial charge in [-0.25, -0.2) is 0 Å². The van der Waals surface area contributed by atoms with Gasteiger partial charge in [-0.3, -0.25) is 4.79 Å². The lowest BCUT2D eigenvalue weighted by atomic mass is 9.82. The van der Waals surface area contributed by atoms with Gasteiger partial charge < -0.3 is 15.0 Å². The van der Waals surface area contributed by atoms with Crippen molar-refractivity contribution in [2.45, 2.75) is 32.3 Å². The largest absolute Gasteiger partial charge is 0.376 e. The fraction of sp³-hybridized carbons (Fsp3) is 0.800. The average molecular weight is 322 g/mol. The van der Waals surface area contributed by atoms with E-state index in [1.165, 1.54) is 12.8 Å². The molecule has 0 unspecified atom stereocenters. The molecular weight excluding hydrogens is 300 g/mol. The van der Waals surface area contributed by atoms with Crippen LogP contribution in [0.25, 0.3) is 0 Å². The summed E-state index contributed by atoms with van der Waals surface area (Å²) in [5, 5.41) is 13.4. The Balaban J connectivity index is 1.48. The Hall–Kier alpha value is -1.21. The van der Waals surface area contributed by atoms with E-state index in [4.69, 9.17) is 4.74 Å². The third kappa shape index (κ3) is 2.84. The van der Waals surface area contributed by atoms with Crippen LogP contribution in [0.2, 0.25) is 0 Å². The Morgan fingerprint density at radius 1 is 1.36 bits per heavy atom. The number of anilines is 1. The van der Waals surface area contributed by atoms with Crippen LogP contribution >= 0.6 is 11.3 Å². The van der Waals surface area contributed by atoms with Crippen molar-refractivity contribution in [3.8, 4) is 0 Å². The number of piperidine rings is 1. The highest BCUT2D eigenvalue weighted by atomic mass is 32.1. The summed E-state index contributed by atoms with van der Waals surface area (Å²) in [6.07, 6.45) is 3.66. The zero-order valence-corrected chi connectivity index (χ0v) is 13.6. The summed E-state index contributed by atoms with van der Waals surface area (Å²) in [6.45, 7) is 5.12. The first-order valence-electron chi connectivity index (χ1n) is 8.15. The van der Waals surface area contributed by atoms with Crippen LogP contribution in [-0.2, 0) is 9.53 Å². The van der Waals surface area contributed by atoms with Gasteiger partial charge in [0, 0.05) is 32.2 Å². The van der Waals surface area contributed by atoms with Gasteiger partial charge in [-0.15, -0.1) is 10.2 Å². The number of ether oxygens (including phenoxy) is 1. The normalized spacial score (nSPS) is 31.1. The average Bonchev–Trinajstić information content (AvgIpc) is 3.04. The Morgan fingerprint density at radius 3 is 2.95 bits per heavy atom. The maximum absolute atomic E-state index is 12.6. The van der Waals surface area contributed by atoms with Crippen molar-refractivity contribution in [1.29, 1.82) is 0 Å². The quantitative estimate of drug-likeness (QED) is 0.902. The monoisotopic (exact) mass is 322 g/mol. The number of hydrogen-bond donors (Lipinski definition) is 1. The fourth-order valence-corrected chi connectivity index (χ4v) is 4.23. The third-order valence-corrected chi connectivity index (χ3v) is 5.88. The van der Waals surface area contributed by atoms with Crippen LogP contribution in [0, 0.1) is 24.7 Å². The topological polar surface area (TPSA) is 67.3 Å². The van der Waals surface area contributed by atoms with Crippen LogP contribution in [0.5, 0.6) is 0 Å². The van der Waals surface area contributed by atoms with E-state index in [0.29, 0.717) is 11.8 Å². The summed E-state index contributed by atoms with van der Waals surface area (Å²) < 4.78 is 5.87. The highest BCUT2D eigenvalue weighted by Crippen LogP contribution is 2.36. The molecule has 1 N–H and O–H groups in total. The van der Waals surface area contributed by atoms with Crippen LogP contribution in [0.1, 0.15) is 24.3 Å². The molecule has 0 radical (unpaired) electrons. The molecule has 2 saturated heterocycles. The van der Waals surface area contributed by atoms with E-state index in [1.54, 1.807) is 11.3 Å². The highest BCUT2D eigenvalue weighted by molar-refractivity contribution is 7.15. The molecule has 1 aromatic rings. The molecule has 22 heavy (non-hydrogen) atoms. The second-order valence-corrected chi connectivity index (χ2v) is 7.83. The Kier molecular flexibility index (Phi) is 3.78. The highest BCUT2D eigenvalue weighted by Gasteiger charge is 2.44. The lowest BCUT2D eigenvalue weighted by Gasteiger charge is -2.39. The Morgan fingerprint density at radius 2 is 2.23 bits per heavy atom. The van der Waals surface area contributed by atoms with Crippen molar-refractivity contribution < 1.29 is 9.53 Å². The van der Waals surface area contributed by atoms with E-state index in [2.05, 4.69) is 20.4 Å². The molecule has 0 bridgehead atoms. The number of carbonyl (C=O) groups is 1. The van der Waals surface area contributed by atoms with Crippen LogP contribution in [0.3, 0.4) is 0 Å². The van der Waals surface area contributed by atoms with E-state index >= 15 is 0 Å². The van der Waals surface area contributed by atoms with Crippen LogP contribution in [-0.4, -0.2) is 48.4 Å². The molecule has 3 aliphatic rings. The molecule has 1 saturated carbocycles. The van der Waals surface area contributed by atoms with Crippen LogP contribution < -0.4 is 10.2 Å². The first-order chi connectivity index (χ1) is 10.7. The number of amides is 1. The lowest BCUT2D eigenvalue weighted by Crippen LogP contribution is -2.53. The van der Waals surface area contributed by atoms with Crippen molar-refractivity contribution in [2.75, 3.05) is 31.1 Å². The molecule has 0 aromatic carbocycles. The smallest absolute Gasteiger partial charge is 0.225 e. The van der Waals surface area contributed by atoms with Gasteiger partial charge in [-0.1, -0.05) is 11.3 Å². The second kappa shape index (κ2) is 5.77. The molecule has 6 nitrogen and oxygen atoms in total. The molecule has 3 heterocycles. The number of fused-ring (bicyclic) bond motifs is 1. The molecule has 7 heteroatoms. The number of nitrogens with one attached hydrogen (secondary N) is 1. The minimum Gasteiger partial charge on any atom is -0.376 e. The third-order valence-electron chi connectivity index (χ3n) is 4.98. The second-order valence-electron chi connectivity index (χ2n) is 6.67. The summed E-state index contributed by atoms with van der Waals surface area (Å²) in [7, 11) is 0. The minimum absolute atomic E-state index is 0.00389. The number of nitrogens with zero attached hydrogens (tertiary/aromatic N) is 3. The van der Waals surface area contributed by atoms with Crippen molar-refractivity contribution in [2.24, 2.45) is 17.8 Å². The van der Waals surface area contributed by atoms with Gasteiger partial charge in [0.1, 0.15) is 5.01 Å².